The Morgan fingerprint density at radius 3 is 1.22 bits per heavy atom. The molecule has 0 aromatic heterocycles. The first kappa shape index (κ1) is 72.1. The average molecular weight is 1230 g/mol. The molecule has 6 fully saturated rings. The van der Waals surface area contributed by atoms with Crippen molar-refractivity contribution < 1.29 is 153 Å². The smallest absolute Gasteiger partial charge is 0.348 e. The first-order chi connectivity index (χ1) is 35.9. The molecule has 6 heterocycles. The zero-order valence-corrected chi connectivity index (χ0v) is 45.9. The molecule has 81 heavy (non-hydrogen) atoms. The highest BCUT2D eigenvalue weighted by Crippen LogP contribution is 2.33. The number of carbonyl (C=O) groups is 12. The van der Waals surface area contributed by atoms with Crippen LogP contribution in [0.15, 0.2) is 0 Å². The van der Waals surface area contributed by atoms with Crippen molar-refractivity contribution in [2.75, 3.05) is 39.6 Å². The Balaban J connectivity index is 0.000000598. The monoisotopic (exact) mass is 1230 g/mol. The van der Waals surface area contributed by atoms with Crippen LogP contribution in [0.25, 0.3) is 0 Å². The second-order valence-corrected chi connectivity index (χ2v) is 23.7. The SMILES string of the molecule is C.CC1(C)COC(=O)C1OC(=O)CC(C(=O)OC1C(=O)OCC1(C)C)S(=O)(=O)[O-].O=C(CC(C(=O)OCC1CCC(=O)O1)S(=O)(=O)[O-])OCC1CCC(=O)O1.O=C1CC(OC(=O)CC(C(=O)OC2COC(=O)C2)S(=O)(=O)[O-])CO1.[CH3+].[CH3+]. The third kappa shape index (κ3) is 22.2. The van der Waals surface area contributed by atoms with Crippen molar-refractivity contribution in [2.24, 2.45) is 10.8 Å². The van der Waals surface area contributed by atoms with E-state index >= 15 is 0 Å². The number of esters is 12. The summed E-state index contributed by atoms with van der Waals surface area (Å²) >= 11 is 0. The van der Waals surface area contributed by atoms with Gasteiger partial charge in [-0.25, -0.2) is 34.8 Å². The van der Waals surface area contributed by atoms with Crippen LogP contribution in [0, 0.1) is 25.7 Å². The van der Waals surface area contributed by atoms with Gasteiger partial charge in [0.15, 0.2) is 15.7 Å². The van der Waals surface area contributed by atoms with E-state index in [-0.39, 0.29) is 81.0 Å². The lowest BCUT2D eigenvalue weighted by atomic mass is 9.89. The van der Waals surface area contributed by atoms with E-state index in [4.69, 9.17) is 42.6 Å². The van der Waals surface area contributed by atoms with E-state index in [1.54, 1.807) is 27.7 Å². The fourth-order valence-electron chi connectivity index (χ4n) is 7.12. The van der Waals surface area contributed by atoms with E-state index in [0.29, 0.717) is 12.8 Å². The summed E-state index contributed by atoms with van der Waals surface area (Å²) in [5.41, 5.74) is -1.81. The lowest BCUT2D eigenvalue weighted by Gasteiger charge is -2.26. The Morgan fingerprint density at radius 1 is 0.506 bits per heavy atom. The number of hydrogen-bond acceptors (Lipinski definition) is 33. The predicted molar refractivity (Wildman–Crippen MR) is 254 cm³/mol. The Labute approximate surface area is 464 Å². The van der Waals surface area contributed by atoms with E-state index in [2.05, 4.69) is 14.2 Å². The molecule has 9 unspecified atom stereocenters. The molecule has 0 amide bonds. The van der Waals surface area contributed by atoms with Crippen LogP contribution < -0.4 is 0 Å². The average Bonchev–Trinajstić information content (AvgIpc) is 4.20. The molecule has 6 rings (SSSR count). The van der Waals surface area contributed by atoms with Crippen LogP contribution in [0.3, 0.4) is 0 Å². The minimum absolute atomic E-state index is 0. The predicted octanol–water partition coefficient (Wildman–Crippen LogP) is -2.39. The van der Waals surface area contributed by atoms with Gasteiger partial charge >= 0.3 is 71.6 Å². The molecule has 6 saturated heterocycles. The molecular formula is C45H61O33S3-. The van der Waals surface area contributed by atoms with Gasteiger partial charge in [-0.05, 0) is 12.8 Å². The number of rotatable bonds is 20. The molecule has 0 bridgehead atoms. The van der Waals surface area contributed by atoms with E-state index in [1.165, 1.54) is 0 Å². The van der Waals surface area contributed by atoms with E-state index < -0.39 is 191 Å². The molecule has 33 nitrogen and oxygen atoms in total. The van der Waals surface area contributed by atoms with Gasteiger partial charge < -0.3 is 70.5 Å². The number of hydrogen-bond donors (Lipinski definition) is 0. The molecule has 458 valence electrons. The maximum Gasteiger partial charge on any atom is 0.348 e. The Hall–Kier alpha value is -6.89. The van der Waals surface area contributed by atoms with Crippen LogP contribution >= 0.6 is 0 Å². The topological polar surface area (TPSA) is 487 Å². The van der Waals surface area contributed by atoms with Crippen LogP contribution in [-0.2, 0) is 145 Å². The quantitative estimate of drug-likeness (QED) is 0.0531. The summed E-state index contributed by atoms with van der Waals surface area (Å²) in [7, 11) is -15.7. The Kier molecular flexibility index (Phi) is 26.5. The van der Waals surface area contributed by atoms with Crippen LogP contribution in [0.2, 0.25) is 0 Å². The minimum Gasteiger partial charge on any atom is -0.747 e. The summed E-state index contributed by atoms with van der Waals surface area (Å²) in [6, 6.07) is 0. The third-order valence-corrected chi connectivity index (χ3v) is 14.6. The first-order valence-corrected chi connectivity index (χ1v) is 27.4. The molecule has 0 spiro atoms. The molecule has 6 aliphatic heterocycles. The normalized spacial score (nSPS) is 24.3. The van der Waals surface area contributed by atoms with E-state index in [9.17, 15) is 96.4 Å². The minimum atomic E-state index is -5.33. The maximum atomic E-state index is 12.2. The molecule has 6 aliphatic rings. The number of ether oxygens (including phenoxy) is 12. The van der Waals surface area contributed by atoms with Gasteiger partial charge in [0.1, 0.15) is 94.4 Å². The summed E-state index contributed by atoms with van der Waals surface area (Å²) in [6.07, 6.45) is -8.82. The maximum absolute atomic E-state index is 12.2. The molecule has 0 aromatic carbocycles. The number of cyclic esters (lactones) is 6. The highest BCUT2D eigenvalue weighted by molar-refractivity contribution is 7.87. The number of carbonyl (C=O) groups excluding carboxylic acids is 12. The highest BCUT2D eigenvalue weighted by Gasteiger charge is 2.50. The second kappa shape index (κ2) is 29.7. The van der Waals surface area contributed by atoms with Crippen molar-refractivity contribution in [3.63, 3.8) is 0 Å². The van der Waals surface area contributed by atoms with Crippen LogP contribution in [-0.4, -0.2) is 203 Å². The molecule has 36 heteroatoms. The highest BCUT2D eigenvalue weighted by atomic mass is 32.2. The Bertz CT molecular complexity index is 2710. The molecule has 0 N–H and O–H groups in total. The largest absolute Gasteiger partial charge is 0.747 e. The molecular weight excluding hydrogens is 1160 g/mol. The summed E-state index contributed by atoms with van der Waals surface area (Å²) in [5, 5.41) is -7.04. The zero-order chi connectivity index (χ0) is 58.7. The van der Waals surface area contributed by atoms with Crippen LogP contribution in [0.5, 0.6) is 0 Å². The Morgan fingerprint density at radius 2 is 0.864 bits per heavy atom. The van der Waals surface area contributed by atoms with Gasteiger partial charge in [-0.1, -0.05) is 35.1 Å². The standard InChI is InChI=1S/C16H22O11S.C14H18O11S.C12H14O11S.CH4.2CH3/c1-15(2)6-24-13(19)10(15)26-9(17)5-8(28(21,22)23)12(18)27-11-14(20)25-7-16(11,3)4;15-11-3-1-8(24-11)6-22-13(17)5-10(26(19,20)21)14(18)23-7-9-2-4-12(16)25-9;13-9-1-6(4-20-9)22-11(15)3-8(24(17,18)19)12(16)23-7-2-10(14)21-5-7;;;/h8,10-11H,5-7H2,1-4H3,(H,21,22,23);8-10H,1-7H2,(H,19,20,21);6-8H,1-5H2,(H,17,18,19);1H4;2*1H3/q;;;;2*+1/p-3. The third-order valence-electron chi connectivity index (χ3n) is 11.4. The van der Waals surface area contributed by atoms with Crippen LogP contribution in [0.1, 0.15) is 92.9 Å². The summed E-state index contributed by atoms with van der Waals surface area (Å²) in [4.78, 5) is 138. The van der Waals surface area contributed by atoms with Gasteiger partial charge in [0, 0.05) is 38.5 Å². The van der Waals surface area contributed by atoms with Gasteiger partial charge in [-0.3, -0.25) is 47.9 Å². The summed E-state index contributed by atoms with van der Waals surface area (Å²) < 4.78 is 159. The molecule has 0 saturated carbocycles. The fraction of sp³-hybridized carbons (Fsp3) is 0.689. The molecule has 0 aliphatic carbocycles. The van der Waals surface area contributed by atoms with Gasteiger partial charge in [-0.15, -0.1) is 0 Å². The second-order valence-electron chi connectivity index (χ2n) is 19.0. The zero-order valence-electron chi connectivity index (χ0n) is 43.5. The van der Waals surface area contributed by atoms with Crippen molar-refractivity contribution in [1.29, 1.82) is 0 Å². The lowest BCUT2D eigenvalue weighted by molar-refractivity contribution is -0.167. The van der Waals surface area contributed by atoms with E-state index in [0.717, 1.165) is 0 Å². The van der Waals surface area contributed by atoms with Gasteiger partial charge in [-0.2, -0.15) is 0 Å². The summed E-state index contributed by atoms with van der Waals surface area (Å²) in [5.74, 6) is -11.9. The molecule has 0 radical (unpaired) electrons. The van der Waals surface area contributed by atoms with Crippen molar-refractivity contribution >= 4 is 102 Å². The van der Waals surface area contributed by atoms with Crippen LogP contribution in [0.4, 0.5) is 0 Å². The summed E-state index contributed by atoms with van der Waals surface area (Å²) in [6.45, 7) is 4.99. The van der Waals surface area contributed by atoms with Gasteiger partial charge in [0.2, 0.25) is 12.2 Å². The van der Waals surface area contributed by atoms with Gasteiger partial charge in [0.25, 0.3) is 0 Å². The fourth-order valence-corrected chi connectivity index (χ4v) is 9.03. The lowest BCUT2D eigenvalue weighted by Crippen LogP contribution is -2.42. The van der Waals surface area contributed by atoms with Gasteiger partial charge in [0.05, 0.1) is 32.1 Å². The first-order valence-electron chi connectivity index (χ1n) is 22.9. The molecule has 0 aromatic rings. The van der Waals surface area contributed by atoms with E-state index in [1.807, 2.05) is 0 Å². The van der Waals surface area contributed by atoms with Crippen molar-refractivity contribution in [3.05, 3.63) is 14.9 Å². The van der Waals surface area contributed by atoms with Crippen molar-refractivity contribution in [2.45, 2.75) is 145 Å². The molecule has 9 atom stereocenters. The van der Waals surface area contributed by atoms with Crippen molar-refractivity contribution in [3.8, 4) is 0 Å². The van der Waals surface area contributed by atoms with Crippen molar-refractivity contribution in [1.82, 2.24) is 0 Å².